The molecule has 0 radical (unpaired) electrons. The first-order valence-corrected chi connectivity index (χ1v) is 9.16. The van der Waals surface area contributed by atoms with Gasteiger partial charge in [-0.15, -0.1) is 0 Å². The highest BCUT2D eigenvalue weighted by molar-refractivity contribution is 6.30. The third-order valence-corrected chi connectivity index (χ3v) is 5.79. The average molecular weight is 337 g/mol. The molecule has 2 aliphatic rings. The Hall–Kier alpha value is -1.86. The van der Waals surface area contributed by atoms with Gasteiger partial charge in [0.15, 0.2) is 5.78 Å². The molecule has 2 aliphatic carbocycles. The van der Waals surface area contributed by atoms with Gasteiger partial charge < -0.3 is 0 Å². The zero-order valence-electron chi connectivity index (χ0n) is 13.7. The first-order chi connectivity index (χ1) is 11.7. The van der Waals surface area contributed by atoms with E-state index in [4.69, 9.17) is 11.6 Å². The molecule has 0 aliphatic heterocycles. The second-order valence-corrected chi connectivity index (χ2v) is 7.35. The number of ketones is 1. The van der Waals surface area contributed by atoms with Crippen LogP contribution in [-0.4, -0.2) is 5.78 Å². The molecule has 0 spiro atoms. The SMILES string of the molecule is O=C1c2ccccc2CCC1C1=CC[C@H](c2ccc(Cl)cc2)CC1. The lowest BCUT2D eigenvalue weighted by molar-refractivity contribution is 0.0921. The van der Waals surface area contributed by atoms with Crippen molar-refractivity contribution in [1.82, 2.24) is 0 Å². The highest BCUT2D eigenvalue weighted by Gasteiger charge is 2.31. The van der Waals surface area contributed by atoms with Crippen LogP contribution in [0.15, 0.2) is 60.2 Å². The zero-order chi connectivity index (χ0) is 16.5. The molecular weight excluding hydrogens is 316 g/mol. The number of halogens is 1. The van der Waals surface area contributed by atoms with Crippen molar-refractivity contribution < 1.29 is 4.79 Å². The molecule has 2 aromatic rings. The summed E-state index contributed by atoms with van der Waals surface area (Å²) in [4.78, 5) is 12.8. The van der Waals surface area contributed by atoms with Gasteiger partial charge in [0.1, 0.15) is 0 Å². The van der Waals surface area contributed by atoms with Crippen molar-refractivity contribution in [2.24, 2.45) is 5.92 Å². The van der Waals surface area contributed by atoms with Gasteiger partial charge in [0.05, 0.1) is 0 Å². The van der Waals surface area contributed by atoms with Crippen LogP contribution in [0.5, 0.6) is 0 Å². The normalized spacial score (nSPS) is 23.5. The molecule has 0 heterocycles. The van der Waals surface area contributed by atoms with Crippen molar-refractivity contribution >= 4 is 17.4 Å². The van der Waals surface area contributed by atoms with Crippen LogP contribution in [0.25, 0.3) is 0 Å². The summed E-state index contributed by atoms with van der Waals surface area (Å²) < 4.78 is 0. The number of aryl methyl sites for hydroxylation is 1. The van der Waals surface area contributed by atoms with E-state index < -0.39 is 0 Å². The number of carbonyl (C=O) groups excluding carboxylic acids is 1. The number of allylic oxidation sites excluding steroid dienone is 2. The standard InChI is InChI=1S/C22H21ClO/c23-19-12-9-16(10-13-19)15-5-7-18(8-6-15)21-14-11-17-3-1-2-4-20(17)22(21)24/h1-4,7,9-10,12-13,15,21H,5-6,8,11,14H2/t15-,21?/m0/s1. The number of Topliss-reactive ketones (excluding diaryl/α,β-unsaturated/α-hetero) is 1. The summed E-state index contributed by atoms with van der Waals surface area (Å²) in [6.07, 6.45) is 7.50. The Labute approximate surface area is 148 Å². The Bertz CT molecular complexity index is 788. The van der Waals surface area contributed by atoms with Crippen molar-refractivity contribution in [3.8, 4) is 0 Å². The first kappa shape index (κ1) is 15.7. The van der Waals surface area contributed by atoms with E-state index in [1.807, 2.05) is 30.3 Å². The Morgan fingerprint density at radius 3 is 2.46 bits per heavy atom. The van der Waals surface area contributed by atoms with Gasteiger partial charge >= 0.3 is 0 Å². The Morgan fingerprint density at radius 2 is 1.71 bits per heavy atom. The van der Waals surface area contributed by atoms with Crippen LogP contribution >= 0.6 is 11.6 Å². The van der Waals surface area contributed by atoms with Gasteiger partial charge in [-0.3, -0.25) is 4.79 Å². The fourth-order valence-electron chi connectivity index (χ4n) is 4.16. The second kappa shape index (κ2) is 6.57. The molecule has 4 rings (SSSR count). The third kappa shape index (κ3) is 2.93. The molecule has 0 saturated heterocycles. The van der Waals surface area contributed by atoms with Gasteiger partial charge in [-0.1, -0.05) is 59.6 Å². The quantitative estimate of drug-likeness (QED) is 0.616. The Balaban J connectivity index is 1.51. The smallest absolute Gasteiger partial charge is 0.170 e. The van der Waals surface area contributed by atoms with Crippen LogP contribution in [-0.2, 0) is 6.42 Å². The summed E-state index contributed by atoms with van der Waals surface area (Å²) >= 11 is 5.98. The maximum Gasteiger partial charge on any atom is 0.170 e. The van der Waals surface area contributed by atoms with E-state index in [-0.39, 0.29) is 5.92 Å². The lowest BCUT2D eigenvalue weighted by atomic mass is 9.74. The number of carbonyl (C=O) groups is 1. The number of hydrogen-bond donors (Lipinski definition) is 0. The zero-order valence-corrected chi connectivity index (χ0v) is 14.4. The summed E-state index contributed by atoms with van der Waals surface area (Å²) in [5, 5.41) is 0.789. The molecular formula is C22H21ClO. The topological polar surface area (TPSA) is 17.1 Å². The molecule has 2 aromatic carbocycles. The largest absolute Gasteiger partial charge is 0.293 e. The van der Waals surface area contributed by atoms with E-state index in [0.717, 1.165) is 42.7 Å². The number of hydrogen-bond acceptors (Lipinski definition) is 1. The summed E-state index contributed by atoms with van der Waals surface area (Å²) in [5.74, 6) is 0.983. The molecule has 0 aromatic heterocycles. The number of benzene rings is 2. The molecule has 0 bridgehead atoms. The Morgan fingerprint density at radius 1 is 0.917 bits per heavy atom. The van der Waals surface area contributed by atoms with Gasteiger partial charge in [0.2, 0.25) is 0 Å². The van der Waals surface area contributed by atoms with Crippen LogP contribution < -0.4 is 0 Å². The number of rotatable bonds is 2. The van der Waals surface area contributed by atoms with Crippen LogP contribution in [0.4, 0.5) is 0 Å². The molecule has 0 saturated carbocycles. The minimum Gasteiger partial charge on any atom is -0.293 e. The lowest BCUT2D eigenvalue weighted by Gasteiger charge is -2.30. The summed E-state index contributed by atoms with van der Waals surface area (Å²) in [6.45, 7) is 0. The van der Waals surface area contributed by atoms with Gasteiger partial charge in [-0.2, -0.15) is 0 Å². The van der Waals surface area contributed by atoms with Crippen molar-refractivity contribution in [3.05, 3.63) is 81.9 Å². The van der Waals surface area contributed by atoms with Gasteiger partial charge in [0.25, 0.3) is 0 Å². The van der Waals surface area contributed by atoms with Crippen LogP contribution in [0.2, 0.25) is 5.02 Å². The molecule has 2 atom stereocenters. The predicted molar refractivity (Wildman–Crippen MR) is 98.7 cm³/mol. The van der Waals surface area contributed by atoms with E-state index in [2.05, 4.69) is 24.3 Å². The van der Waals surface area contributed by atoms with E-state index in [9.17, 15) is 4.79 Å². The third-order valence-electron chi connectivity index (χ3n) is 5.54. The lowest BCUT2D eigenvalue weighted by Crippen LogP contribution is -2.25. The summed E-state index contributed by atoms with van der Waals surface area (Å²) in [7, 11) is 0. The second-order valence-electron chi connectivity index (χ2n) is 6.91. The number of fused-ring (bicyclic) bond motifs is 1. The molecule has 0 amide bonds. The molecule has 1 nitrogen and oxygen atoms in total. The highest BCUT2D eigenvalue weighted by Crippen LogP contribution is 2.39. The Kier molecular flexibility index (Phi) is 4.28. The molecule has 24 heavy (non-hydrogen) atoms. The summed E-state index contributed by atoms with van der Waals surface area (Å²) in [5.41, 5.74) is 4.87. The molecule has 122 valence electrons. The molecule has 0 N–H and O–H groups in total. The fraction of sp³-hybridized carbons (Fsp3) is 0.318. The van der Waals surface area contributed by atoms with E-state index in [0.29, 0.717) is 11.7 Å². The molecule has 2 heteroatoms. The van der Waals surface area contributed by atoms with E-state index >= 15 is 0 Å². The molecule has 1 unspecified atom stereocenters. The first-order valence-electron chi connectivity index (χ1n) is 8.79. The predicted octanol–water partition coefficient (Wildman–Crippen LogP) is 5.98. The maximum atomic E-state index is 12.8. The van der Waals surface area contributed by atoms with Crippen molar-refractivity contribution in [1.29, 1.82) is 0 Å². The highest BCUT2D eigenvalue weighted by atomic mass is 35.5. The minimum absolute atomic E-state index is 0.103. The van der Waals surface area contributed by atoms with Crippen LogP contribution in [0, 0.1) is 5.92 Å². The summed E-state index contributed by atoms with van der Waals surface area (Å²) in [6, 6.07) is 16.3. The minimum atomic E-state index is 0.103. The fourth-order valence-corrected chi connectivity index (χ4v) is 4.29. The average Bonchev–Trinajstić information content (AvgIpc) is 2.63. The van der Waals surface area contributed by atoms with Crippen molar-refractivity contribution in [2.75, 3.05) is 0 Å². The monoisotopic (exact) mass is 336 g/mol. The van der Waals surface area contributed by atoms with Gasteiger partial charge in [-0.05, 0) is 61.3 Å². The van der Waals surface area contributed by atoms with Gasteiger partial charge in [-0.25, -0.2) is 0 Å². The van der Waals surface area contributed by atoms with Crippen molar-refractivity contribution in [2.45, 2.75) is 38.0 Å². The van der Waals surface area contributed by atoms with Crippen molar-refractivity contribution in [3.63, 3.8) is 0 Å². The van der Waals surface area contributed by atoms with E-state index in [1.165, 1.54) is 16.7 Å². The van der Waals surface area contributed by atoms with Gasteiger partial charge in [0, 0.05) is 16.5 Å². The van der Waals surface area contributed by atoms with E-state index in [1.54, 1.807) is 0 Å². The molecule has 0 fully saturated rings. The van der Waals surface area contributed by atoms with Crippen LogP contribution in [0.3, 0.4) is 0 Å². The van der Waals surface area contributed by atoms with Crippen LogP contribution in [0.1, 0.15) is 53.1 Å². The maximum absolute atomic E-state index is 12.8.